The summed E-state index contributed by atoms with van der Waals surface area (Å²) >= 11 is 19.4. The summed E-state index contributed by atoms with van der Waals surface area (Å²) in [7, 11) is 0. The van der Waals surface area contributed by atoms with E-state index in [1.807, 2.05) is 0 Å². The zero-order valence-electron chi connectivity index (χ0n) is 18.0. The third-order valence-corrected chi connectivity index (χ3v) is 6.82. The van der Waals surface area contributed by atoms with Crippen LogP contribution in [-0.4, -0.2) is 28.6 Å². The molecular weight excluding hydrogens is 531 g/mol. The summed E-state index contributed by atoms with van der Waals surface area (Å²) in [6, 6.07) is 18.8. The number of thioether (sulfide) groups is 1. The van der Waals surface area contributed by atoms with Gasteiger partial charge in [0, 0.05) is 5.02 Å². The van der Waals surface area contributed by atoms with Gasteiger partial charge in [0.25, 0.3) is 17.1 Å². The molecule has 1 aliphatic heterocycles. The van der Waals surface area contributed by atoms with Crippen LogP contribution in [0.2, 0.25) is 15.1 Å². The highest BCUT2D eigenvalue weighted by Crippen LogP contribution is 2.35. The molecule has 1 fully saturated rings. The van der Waals surface area contributed by atoms with Crippen LogP contribution in [-0.2, 0) is 16.1 Å². The molecule has 0 bridgehead atoms. The van der Waals surface area contributed by atoms with E-state index in [1.54, 1.807) is 72.8 Å². The Balaban J connectivity index is 1.40. The minimum Gasteiger partial charge on any atom is -0.482 e. The van der Waals surface area contributed by atoms with Crippen molar-refractivity contribution in [2.24, 2.45) is 0 Å². The molecule has 0 atom stereocenters. The fourth-order valence-electron chi connectivity index (χ4n) is 3.20. The molecule has 0 aliphatic carbocycles. The Morgan fingerprint density at radius 2 is 1.66 bits per heavy atom. The summed E-state index contributed by atoms with van der Waals surface area (Å²) in [5.41, 5.74) is 1.76. The van der Waals surface area contributed by atoms with Gasteiger partial charge in [-0.05, 0) is 59.3 Å². The highest BCUT2D eigenvalue weighted by molar-refractivity contribution is 8.18. The first-order valence-electron chi connectivity index (χ1n) is 10.3. The van der Waals surface area contributed by atoms with Gasteiger partial charge in [0.15, 0.2) is 6.61 Å². The van der Waals surface area contributed by atoms with Crippen LogP contribution in [0, 0.1) is 0 Å². The van der Waals surface area contributed by atoms with Gasteiger partial charge >= 0.3 is 0 Å². The molecule has 0 aromatic heterocycles. The van der Waals surface area contributed by atoms with Crippen molar-refractivity contribution in [3.63, 3.8) is 0 Å². The Morgan fingerprint density at radius 1 is 0.943 bits per heavy atom. The lowest BCUT2D eigenvalue weighted by Crippen LogP contribution is -2.27. The normalized spacial score (nSPS) is 14.5. The van der Waals surface area contributed by atoms with Crippen LogP contribution >= 0.6 is 46.6 Å². The average molecular weight is 548 g/mol. The summed E-state index contributed by atoms with van der Waals surface area (Å²) in [5, 5.41) is 3.43. The van der Waals surface area contributed by atoms with Crippen molar-refractivity contribution in [2.75, 3.05) is 11.9 Å². The number of para-hydroxylation sites is 1. The summed E-state index contributed by atoms with van der Waals surface area (Å²) in [4.78, 5) is 38.8. The maximum atomic E-state index is 12.8. The Hall–Kier alpha value is -2.97. The molecule has 1 N–H and O–H groups in total. The molecule has 1 saturated heterocycles. The third-order valence-electron chi connectivity index (χ3n) is 4.92. The predicted octanol–water partition coefficient (Wildman–Crippen LogP) is 6.90. The van der Waals surface area contributed by atoms with E-state index < -0.39 is 11.8 Å². The van der Waals surface area contributed by atoms with Gasteiger partial charge < -0.3 is 10.1 Å². The maximum Gasteiger partial charge on any atom is 0.293 e. The van der Waals surface area contributed by atoms with Gasteiger partial charge in [-0.3, -0.25) is 19.3 Å². The quantitative estimate of drug-likeness (QED) is 0.326. The van der Waals surface area contributed by atoms with Crippen LogP contribution in [0.4, 0.5) is 10.5 Å². The molecule has 1 heterocycles. The van der Waals surface area contributed by atoms with Crippen LogP contribution in [0.3, 0.4) is 0 Å². The molecular formula is C25H17Cl3N2O4S. The maximum absolute atomic E-state index is 12.8. The number of carbonyl (C=O) groups excluding carboxylic acids is 3. The minimum atomic E-state index is -0.410. The molecule has 0 spiro atoms. The molecule has 4 rings (SSSR count). The van der Waals surface area contributed by atoms with Crippen LogP contribution in [0.5, 0.6) is 5.75 Å². The number of nitrogens with zero attached hydrogens (tertiary/aromatic N) is 1. The van der Waals surface area contributed by atoms with Crippen molar-refractivity contribution >= 4 is 75.4 Å². The molecule has 6 nitrogen and oxygen atoms in total. The van der Waals surface area contributed by atoms with Gasteiger partial charge in [-0.2, -0.15) is 0 Å². The standard InChI is InChI=1S/C25H17Cl3N2O4S/c26-17-6-2-1-5-16(17)13-30-24(32)22(35-25(30)33)12-15-9-10-21(19(28)11-15)34-14-23(31)29-20-8-4-3-7-18(20)27/h1-12H,13-14H2,(H,29,31)/b22-12-. The van der Waals surface area contributed by atoms with Gasteiger partial charge in [0.1, 0.15) is 5.75 Å². The van der Waals surface area contributed by atoms with E-state index in [2.05, 4.69) is 5.32 Å². The Kier molecular flexibility index (Phi) is 8.03. The second kappa shape index (κ2) is 11.2. The number of hydrogen-bond acceptors (Lipinski definition) is 5. The number of rotatable bonds is 7. The molecule has 1 aliphatic rings. The first-order chi connectivity index (χ1) is 16.8. The van der Waals surface area contributed by atoms with E-state index in [1.165, 1.54) is 0 Å². The summed E-state index contributed by atoms with van der Waals surface area (Å²) in [5.74, 6) is -0.511. The number of nitrogens with one attached hydrogen (secondary N) is 1. The monoisotopic (exact) mass is 546 g/mol. The fourth-order valence-corrected chi connectivity index (χ4v) is 4.66. The highest BCUT2D eigenvalue weighted by atomic mass is 35.5. The van der Waals surface area contributed by atoms with Crippen molar-refractivity contribution in [1.82, 2.24) is 4.90 Å². The summed E-state index contributed by atoms with van der Waals surface area (Å²) < 4.78 is 5.51. The van der Waals surface area contributed by atoms with Gasteiger partial charge in [-0.1, -0.05) is 71.2 Å². The zero-order chi connectivity index (χ0) is 24.9. The number of anilines is 1. The lowest BCUT2D eigenvalue weighted by atomic mass is 10.2. The molecule has 3 amide bonds. The molecule has 178 valence electrons. The molecule has 3 aromatic carbocycles. The molecule has 35 heavy (non-hydrogen) atoms. The number of carbonyl (C=O) groups is 3. The second-order valence-corrected chi connectivity index (χ2v) is 9.58. The van der Waals surface area contributed by atoms with Crippen molar-refractivity contribution in [3.8, 4) is 5.75 Å². The first-order valence-corrected chi connectivity index (χ1v) is 12.2. The van der Waals surface area contributed by atoms with Crippen molar-refractivity contribution < 1.29 is 19.1 Å². The van der Waals surface area contributed by atoms with E-state index in [0.717, 1.165) is 16.7 Å². The van der Waals surface area contributed by atoms with Crippen LogP contribution in [0.1, 0.15) is 11.1 Å². The largest absolute Gasteiger partial charge is 0.482 e. The Bertz CT molecular complexity index is 1350. The number of amides is 3. The zero-order valence-corrected chi connectivity index (χ0v) is 21.0. The molecule has 0 radical (unpaired) electrons. The number of hydrogen-bond donors (Lipinski definition) is 1. The SMILES string of the molecule is O=C(COc1ccc(/C=C2\SC(=O)N(Cc3ccccc3Cl)C2=O)cc1Cl)Nc1ccccc1Cl. The lowest BCUT2D eigenvalue weighted by molar-refractivity contribution is -0.123. The Labute approximate surface area is 220 Å². The fraction of sp³-hybridized carbons (Fsp3) is 0.0800. The van der Waals surface area contributed by atoms with E-state index in [4.69, 9.17) is 39.5 Å². The van der Waals surface area contributed by atoms with Gasteiger partial charge in [0.05, 0.1) is 27.2 Å². The molecule has 3 aromatic rings. The van der Waals surface area contributed by atoms with E-state index >= 15 is 0 Å². The second-order valence-electron chi connectivity index (χ2n) is 7.37. The van der Waals surface area contributed by atoms with Crippen LogP contribution in [0.25, 0.3) is 6.08 Å². The smallest absolute Gasteiger partial charge is 0.293 e. The average Bonchev–Trinajstić information content (AvgIpc) is 3.08. The lowest BCUT2D eigenvalue weighted by Gasteiger charge is -2.13. The van der Waals surface area contributed by atoms with Gasteiger partial charge in [-0.15, -0.1) is 0 Å². The van der Waals surface area contributed by atoms with E-state index in [-0.39, 0.29) is 28.3 Å². The van der Waals surface area contributed by atoms with Crippen molar-refractivity contribution in [2.45, 2.75) is 6.54 Å². The summed E-state index contributed by atoms with van der Waals surface area (Å²) in [6.45, 7) is -0.184. The van der Waals surface area contributed by atoms with E-state index in [9.17, 15) is 14.4 Å². The van der Waals surface area contributed by atoms with Crippen molar-refractivity contribution in [3.05, 3.63) is 97.8 Å². The third kappa shape index (κ3) is 6.18. The predicted molar refractivity (Wildman–Crippen MR) is 140 cm³/mol. The molecule has 0 saturated carbocycles. The Morgan fingerprint density at radius 3 is 2.37 bits per heavy atom. The van der Waals surface area contributed by atoms with Crippen molar-refractivity contribution in [1.29, 1.82) is 0 Å². The van der Waals surface area contributed by atoms with Gasteiger partial charge in [0.2, 0.25) is 0 Å². The topological polar surface area (TPSA) is 75.7 Å². The van der Waals surface area contributed by atoms with E-state index in [0.29, 0.717) is 32.6 Å². The highest BCUT2D eigenvalue weighted by Gasteiger charge is 2.35. The first kappa shape index (κ1) is 25.1. The number of ether oxygens (including phenoxy) is 1. The minimum absolute atomic E-state index is 0.0888. The van der Waals surface area contributed by atoms with Crippen LogP contribution < -0.4 is 10.1 Å². The van der Waals surface area contributed by atoms with Gasteiger partial charge in [-0.25, -0.2) is 0 Å². The summed E-state index contributed by atoms with van der Waals surface area (Å²) in [6.07, 6.45) is 1.58. The number of halogens is 3. The van der Waals surface area contributed by atoms with Crippen LogP contribution in [0.15, 0.2) is 71.6 Å². The molecule has 0 unspecified atom stereocenters. The number of benzene rings is 3. The number of imide groups is 1. The molecule has 10 heteroatoms.